The van der Waals surface area contributed by atoms with Crippen molar-refractivity contribution in [3.05, 3.63) is 34.6 Å². The summed E-state index contributed by atoms with van der Waals surface area (Å²) in [7, 11) is 0. The van der Waals surface area contributed by atoms with Crippen molar-refractivity contribution >= 4 is 11.6 Å². The zero-order valence-corrected chi connectivity index (χ0v) is 9.76. The highest BCUT2D eigenvalue weighted by atomic mass is 35.5. The molecule has 2 unspecified atom stereocenters. The minimum atomic E-state index is -0.327. The van der Waals surface area contributed by atoms with E-state index < -0.39 is 0 Å². The minimum Gasteiger partial charge on any atom is -0.393 e. The van der Waals surface area contributed by atoms with Crippen LogP contribution in [0.4, 0.5) is 4.39 Å². The van der Waals surface area contributed by atoms with Crippen molar-refractivity contribution < 1.29 is 9.50 Å². The highest BCUT2D eigenvalue weighted by Gasteiger charge is 2.10. The summed E-state index contributed by atoms with van der Waals surface area (Å²) in [6, 6.07) is 4.38. The first-order valence-corrected chi connectivity index (χ1v) is 5.49. The van der Waals surface area contributed by atoms with Crippen molar-refractivity contribution in [2.45, 2.75) is 32.8 Å². The normalized spacial score (nSPS) is 15.0. The van der Waals surface area contributed by atoms with Crippen LogP contribution in [-0.4, -0.2) is 11.2 Å². The van der Waals surface area contributed by atoms with Gasteiger partial charge in [-0.2, -0.15) is 0 Å². The molecule has 0 saturated carbocycles. The largest absolute Gasteiger partial charge is 0.393 e. The standard InChI is InChI=1S/C12H16ClFO/c1-8(5-9(2)15)6-10-7-11(14)3-4-12(10)13/h3-4,7-9,15H,5-6H2,1-2H3. The maximum atomic E-state index is 13.0. The van der Waals surface area contributed by atoms with Gasteiger partial charge in [-0.15, -0.1) is 0 Å². The van der Waals surface area contributed by atoms with E-state index in [0.29, 0.717) is 23.8 Å². The smallest absolute Gasteiger partial charge is 0.123 e. The Morgan fingerprint density at radius 2 is 2.07 bits per heavy atom. The SMILES string of the molecule is CC(O)CC(C)Cc1cc(F)ccc1Cl. The zero-order valence-electron chi connectivity index (χ0n) is 9.00. The summed E-state index contributed by atoms with van der Waals surface area (Å²) >= 11 is 5.95. The predicted molar refractivity (Wildman–Crippen MR) is 60.6 cm³/mol. The van der Waals surface area contributed by atoms with Gasteiger partial charge in [-0.05, 0) is 49.4 Å². The van der Waals surface area contributed by atoms with Crippen LogP contribution in [0.5, 0.6) is 0 Å². The Morgan fingerprint density at radius 1 is 1.40 bits per heavy atom. The van der Waals surface area contributed by atoms with Gasteiger partial charge < -0.3 is 5.11 Å². The topological polar surface area (TPSA) is 20.2 Å². The van der Waals surface area contributed by atoms with Crippen molar-refractivity contribution in [1.29, 1.82) is 0 Å². The lowest BCUT2D eigenvalue weighted by Crippen LogP contribution is -2.09. The molecular formula is C12H16ClFO. The van der Waals surface area contributed by atoms with E-state index >= 15 is 0 Å². The van der Waals surface area contributed by atoms with Crippen molar-refractivity contribution in [3.8, 4) is 0 Å². The molecular weight excluding hydrogens is 215 g/mol. The Balaban J connectivity index is 2.67. The molecule has 0 amide bonds. The van der Waals surface area contributed by atoms with E-state index in [0.717, 1.165) is 5.56 Å². The van der Waals surface area contributed by atoms with Crippen LogP contribution < -0.4 is 0 Å². The lowest BCUT2D eigenvalue weighted by molar-refractivity contribution is 0.164. The van der Waals surface area contributed by atoms with Crippen LogP contribution in [0.3, 0.4) is 0 Å². The third-order valence-corrected chi connectivity index (χ3v) is 2.69. The summed E-state index contributed by atoms with van der Waals surface area (Å²) < 4.78 is 13.0. The van der Waals surface area contributed by atoms with E-state index in [9.17, 15) is 9.50 Å². The second-order valence-electron chi connectivity index (χ2n) is 4.13. The molecule has 0 fully saturated rings. The lowest BCUT2D eigenvalue weighted by atomic mass is 9.96. The van der Waals surface area contributed by atoms with Crippen molar-refractivity contribution in [1.82, 2.24) is 0 Å². The molecule has 0 aliphatic rings. The Labute approximate surface area is 94.9 Å². The average Bonchev–Trinajstić information content (AvgIpc) is 2.10. The van der Waals surface area contributed by atoms with Gasteiger partial charge in [-0.1, -0.05) is 18.5 Å². The van der Waals surface area contributed by atoms with Gasteiger partial charge in [0.25, 0.3) is 0 Å². The fraction of sp³-hybridized carbons (Fsp3) is 0.500. The van der Waals surface area contributed by atoms with Crippen LogP contribution in [0.1, 0.15) is 25.8 Å². The monoisotopic (exact) mass is 230 g/mol. The van der Waals surface area contributed by atoms with Crippen LogP contribution in [-0.2, 0) is 6.42 Å². The Hall–Kier alpha value is -0.600. The molecule has 0 saturated heterocycles. The second kappa shape index (κ2) is 5.47. The molecule has 0 aromatic heterocycles. The van der Waals surface area contributed by atoms with Gasteiger partial charge in [-0.25, -0.2) is 4.39 Å². The molecule has 1 aromatic carbocycles. The first-order valence-electron chi connectivity index (χ1n) is 5.11. The number of hydrogen-bond donors (Lipinski definition) is 1. The highest BCUT2D eigenvalue weighted by molar-refractivity contribution is 6.31. The van der Waals surface area contributed by atoms with Crippen molar-refractivity contribution in [3.63, 3.8) is 0 Å². The number of rotatable bonds is 4. The molecule has 2 atom stereocenters. The Morgan fingerprint density at radius 3 is 2.67 bits per heavy atom. The number of aliphatic hydroxyl groups excluding tert-OH is 1. The van der Waals surface area contributed by atoms with E-state index in [1.54, 1.807) is 13.0 Å². The molecule has 1 aromatic rings. The molecule has 0 aliphatic heterocycles. The fourth-order valence-corrected chi connectivity index (χ4v) is 1.94. The van der Waals surface area contributed by atoms with Crippen LogP contribution in [0.25, 0.3) is 0 Å². The van der Waals surface area contributed by atoms with Crippen LogP contribution >= 0.6 is 11.6 Å². The summed E-state index contributed by atoms with van der Waals surface area (Å²) in [5, 5.41) is 9.81. The Kier molecular flexibility index (Phi) is 4.55. The maximum Gasteiger partial charge on any atom is 0.123 e. The number of benzene rings is 1. The average molecular weight is 231 g/mol. The first-order chi connectivity index (χ1) is 6.99. The molecule has 0 radical (unpaired) electrons. The van der Waals surface area contributed by atoms with E-state index in [1.165, 1.54) is 12.1 Å². The van der Waals surface area contributed by atoms with Gasteiger partial charge in [0.15, 0.2) is 0 Å². The maximum absolute atomic E-state index is 13.0. The van der Waals surface area contributed by atoms with Gasteiger partial charge in [-0.3, -0.25) is 0 Å². The van der Waals surface area contributed by atoms with Gasteiger partial charge in [0.1, 0.15) is 5.82 Å². The lowest BCUT2D eigenvalue weighted by Gasteiger charge is -2.14. The third-order valence-electron chi connectivity index (χ3n) is 2.32. The molecule has 84 valence electrons. The molecule has 0 spiro atoms. The molecule has 1 rings (SSSR count). The van der Waals surface area contributed by atoms with Gasteiger partial charge in [0, 0.05) is 5.02 Å². The van der Waals surface area contributed by atoms with E-state index in [1.807, 2.05) is 6.92 Å². The molecule has 3 heteroatoms. The van der Waals surface area contributed by atoms with Crippen LogP contribution in [0.2, 0.25) is 5.02 Å². The third kappa shape index (κ3) is 4.18. The summed E-state index contributed by atoms with van der Waals surface area (Å²) in [6.07, 6.45) is 1.07. The van der Waals surface area contributed by atoms with Crippen LogP contribution in [0.15, 0.2) is 18.2 Å². The summed E-state index contributed by atoms with van der Waals surface area (Å²) in [4.78, 5) is 0. The van der Waals surface area contributed by atoms with Crippen molar-refractivity contribution in [2.75, 3.05) is 0 Å². The zero-order chi connectivity index (χ0) is 11.4. The molecule has 1 N–H and O–H groups in total. The first kappa shape index (κ1) is 12.5. The molecule has 1 nitrogen and oxygen atoms in total. The van der Waals surface area contributed by atoms with Crippen molar-refractivity contribution in [2.24, 2.45) is 5.92 Å². The molecule has 15 heavy (non-hydrogen) atoms. The molecule has 0 heterocycles. The van der Waals surface area contributed by atoms with Gasteiger partial charge in [0.2, 0.25) is 0 Å². The summed E-state index contributed by atoms with van der Waals surface area (Å²) in [5.74, 6) is 0.0305. The number of halogens is 2. The molecule has 0 bridgehead atoms. The molecule has 0 aliphatic carbocycles. The van der Waals surface area contributed by atoms with E-state index in [4.69, 9.17) is 11.6 Å². The summed E-state index contributed by atoms with van der Waals surface area (Å²) in [5.41, 5.74) is 0.810. The fourth-order valence-electron chi connectivity index (χ4n) is 1.74. The Bertz CT molecular complexity index is 325. The second-order valence-corrected chi connectivity index (χ2v) is 4.54. The number of aliphatic hydroxyl groups is 1. The predicted octanol–water partition coefficient (Wildman–Crippen LogP) is 3.43. The summed E-state index contributed by atoms with van der Waals surface area (Å²) in [6.45, 7) is 3.78. The van der Waals surface area contributed by atoms with E-state index in [-0.39, 0.29) is 11.9 Å². The van der Waals surface area contributed by atoms with Gasteiger partial charge in [0.05, 0.1) is 6.10 Å². The minimum absolute atomic E-state index is 0.265. The quantitative estimate of drug-likeness (QED) is 0.840. The van der Waals surface area contributed by atoms with E-state index in [2.05, 4.69) is 0 Å². The van der Waals surface area contributed by atoms with Gasteiger partial charge >= 0.3 is 0 Å². The highest BCUT2D eigenvalue weighted by Crippen LogP contribution is 2.22. The number of hydrogen-bond acceptors (Lipinski definition) is 1. The van der Waals surface area contributed by atoms with Crippen LogP contribution in [0, 0.1) is 11.7 Å².